The van der Waals surface area contributed by atoms with Gasteiger partial charge in [0.05, 0.1) is 28.4 Å². The summed E-state index contributed by atoms with van der Waals surface area (Å²) in [5, 5.41) is 22.4. The number of hydrogen-bond acceptors (Lipinski definition) is 5. The normalized spacial score (nSPS) is 11.0. The Balaban J connectivity index is 1.97. The number of hydrogen-bond donors (Lipinski definition) is 1. The van der Waals surface area contributed by atoms with E-state index in [0.29, 0.717) is 17.1 Å². The Morgan fingerprint density at radius 1 is 1.17 bits per heavy atom. The van der Waals surface area contributed by atoms with Gasteiger partial charge in [0.25, 0.3) is 0 Å². The number of anilines is 1. The van der Waals surface area contributed by atoms with Crippen molar-refractivity contribution in [3.63, 3.8) is 0 Å². The summed E-state index contributed by atoms with van der Waals surface area (Å²) >= 11 is 0. The van der Waals surface area contributed by atoms with Crippen LogP contribution in [0.2, 0.25) is 0 Å². The summed E-state index contributed by atoms with van der Waals surface area (Å²) in [6.07, 6.45) is 0. The van der Waals surface area contributed by atoms with Crippen LogP contribution in [0.15, 0.2) is 53.6 Å². The van der Waals surface area contributed by atoms with Gasteiger partial charge in [-0.15, -0.1) is 0 Å². The van der Waals surface area contributed by atoms with Gasteiger partial charge in [-0.2, -0.15) is 15.6 Å². The van der Waals surface area contributed by atoms with Gasteiger partial charge in [0.1, 0.15) is 6.07 Å². The van der Waals surface area contributed by atoms with Gasteiger partial charge in [-0.1, -0.05) is 18.2 Å². The average molecular weight is 300 g/mol. The van der Waals surface area contributed by atoms with E-state index in [1.54, 1.807) is 24.3 Å². The van der Waals surface area contributed by atoms with Crippen molar-refractivity contribution < 1.29 is 0 Å². The minimum atomic E-state index is 0.172. The summed E-state index contributed by atoms with van der Waals surface area (Å²) in [7, 11) is 1.84. The predicted octanol–water partition coefficient (Wildman–Crippen LogP) is 2.78. The third kappa shape index (κ3) is 2.74. The lowest BCUT2D eigenvalue weighted by Gasteiger charge is -2.03. The van der Waals surface area contributed by atoms with Crippen LogP contribution >= 0.6 is 0 Å². The highest BCUT2D eigenvalue weighted by Crippen LogP contribution is 2.15. The van der Waals surface area contributed by atoms with Crippen LogP contribution in [0.25, 0.3) is 11.0 Å². The molecule has 1 aromatic heterocycles. The minimum absolute atomic E-state index is 0.172. The highest BCUT2D eigenvalue weighted by atomic mass is 15.3. The molecule has 1 N–H and O–H groups in total. The zero-order valence-electron chi connectivity index (χ0n) is 12.4. The van der Waals surface area contributed by atoms with Crippen LogP contribution in [0, 0.1) is 22.7 Å². The zero-order chi connectivity index (χ0) is 16.2. The number of para-hydroxylation sites is 2. The predicted molar refractivity (Wildman–Crippen MR) is 87.6 cm³/mol. The number of rotatable bonds is 3. The van der Waals surface area contributed by atoms with E-state index in [0.717, 1.165) is 11.0 Å². The molecule has 6 heteroatoms. The Kier molecular flexibility index (Phi) is 3.73. The molecule has 0 radical (unpaired) electrons. The molecular weight excluding hydrogens is 288 g/mol. The molecule has 0 aliphatic carbocycles. The second-order valence-electron chi connectivity index (χ2n) is 4.86. The van der Waals surface area contributed by atoms with Gasteiger partial charge < -0.3 is 4.57 Å². The van der Waals surface area contributed by atoms with Crippen LogP contribution < -0.4 is 5.43 Å². The van der Waals surface area contributed by atoms with E-state index < -0.39 is 0 Å². The van der Waals surface area contributed by atoms with Gasteiger partial charge >= 0.3 is 0 Å². The molecule has 0 atom stereocenters. The molecule has 3 rings (SSSR count). The third-order valence-electron chi connectivity index (χ3n) is 3.39. The summed E-state index contributed by atoms with van der Waals surface area (Å²) in [6, 6.07) is 18.6. The first-order valence-electron chi connectivity index (χ1n) is 6.88. The molecule has 110 valence electrons. The minimum Gasteiger partial charge on any atom is -0.325 e. The van der Waals surface area contributed by atoms with E-state index in [4.69, 9.17) is 5.26 Å². The van der Waals surface area contributed by atoms with E-state index in [1.807, 2.05) is 35.9 Å². The van der Waals surface area contributed by atoms with Crippen molar-refractivity contribution in [1.82, 2.24) is 9.55 Å². The first-order valence-corrected chi connectivity index (χ1v) is 6.88. The molecule has 3 aromatic rings. The zero-order valence-corrected chi connectivity index (χ0v) is 12.4. The molecule has 0 saturated carbocycles. The van der Waals surface area contributed by atoms with E-state index in [1.165, 1.54) is 0 Å². The molecule has 0 unspecified atom stereocenters. The summed E-state index contributed by atoms with van der Waals surface area (Å²) in [4.78, 5) is 4.45. The second-order valence-corrected chi connectivity index (χ2v) is 4.86. The number of imidazole rings is 1. The van der Waals surface area contributed by atoms with Crippen LogP contribution in [-0.2, 0) is 7.05 Å². The Morgan fingerprint density at radius 2 is 2.00 bits per heavy atom. The van der Waals surface area contributed by atoms with Crippen molar-refractivity contribution >= 4 is 22.4 Å². The molecule has 23 heavy (non-hydrogen) atoms. The van der Waals surface area contributed by atoms with E-state index in [2.05, 4.69) is 27.6 Å². The fraction of sp³-hybridized carbons (Fsp3) is 0.0588. The fourth-order valence-electron chi connectivity index (χ4n) is 2.26. The second kappa shape index (κ2) is 6.00. The lowest BCUT2D eigenvalue weighted by molar-refractivity contribution is 0.929. The molecule has 0 spiro atoms. The van der Waals surface area contributed by atoms with Crippen LogP contribution in [-0.4, -0.2) is 15.3 Å². The van der Waals surface area contributed by atoms with Crippen LogP contribution in [0.3, 0.4) is 0 Å². The average Bonchev–Trinajstić information content (AvgIpc) is 2.93. The maximum Gasteiger partial charge on any atom is 0.203 e. The largest absolute Gasteiger partial charge is 0.325 e. The summed E-state index contributed by atoms with van der Waals surface area (Å²) in [5.41, 5.74) is 5.86. The van der Waals surface area contributed by atoms with Crippen molar-refractivity contribution in [3.05, 3.63) is 59.9 Å². The molecule has 0 amide bonds. The highest BCUT2D eigenvalue weighted by molar-refractivity contribution is 6.11. The summed E-state index contributed by atoms with van der Waals surface area (Å²) in [6.45, 7) is 0. The monoisotopic (exact) mass is 300 g/mol. The van der Waals surface area contributed by atoms with E-state index in [-0.39, 0.29) is 5.71 Å². The quantitative estimate of drug-likeness (QED) is 0.595. The number of aromatic nitrogens is 2. The Hall–Kier alpha value is -3.64. The lowest BCUT2D eigenvalue weighted by Crippen LogP contribution is -2.09. The molecule has 0 aliphatic heterocycles. The van der Waals surface area contributed by atoms with Crippen LogP contribution in [0.5, 0.6) is 0 Å². The lowest BCUT2D eigenvalue weighted by atomic mass is 10.2. The topological polar surface area (TPSA) is 89.8 Å². The SMILES string of the molecule is Cn1c(C(C#N)=NNc2cccc(C#N)c2)nc2ccccc21. The Morgan fingerprint density at radius 3 is 2.74 bits per heavy atom. The van der Waals surface area contributed by atoms with Crippen molar-refractivity contribution in [3.8, 4) is 12.1 Å². The molecule has 2 aromatic carbocycles. The molecule has 0 saturated heterocycles. The van der Waals surface area contributed by atoms with Gasteiger partial charge in [-0.05, 0) is 30.3 Å². The van der Waals surface area contributed by atoms with Gasteiger partial charge in [0, 0.05) is 7.05 Å². The van der Waals surface area contributed by atoms with Gasteiger partial charge in [-0.3, -0.25) is 5.43 Å². The molecule has 0 aliphatic rings. The maximum absolute atomic E-state index is 9.38. The maximum atomic E-state index is 9.38. The van der Waals surface area contributed by atoms with Gasteiger partial charge in [0.2, 0.25) is 5.71 Å². The van der Waals surface area contributed by atoms with Gasteiger partial charge in [0.15, 0.2) is 5.82 Å². The van der Waals surface area contributed by atoms with Crippen molar-refractivity contribution in [2.45, 2.75) is 0 Å². The summed E-state index contributed by atoms with van der Waals surface area (Å²) < 4.78 is 1.82. The highest BCUT2D eigenvalue weighted by Gasteiger charge is 2.13. The molecular formula is C17H12N6. The number of nitriles is 2. The first kappa shape index (κ1) is 14.3. The van der Waals surface area contributed by atoms with Crippen molar-refractivity contribution in [2.75, 3.05) is 5.43 Å². The Labute approximate surface area is 132 Å². The summed E-state index contributed by atoms with van der Waals surface area (Å²) in [5.74, 6) is 0.484. The number of fused-ring (bicyclic) bond motifs is 1. The third-order valence-corrected chi connectivity index (χ3v) is 3.39. The first-order chi connectivity index (χ1) is 11.2. The molecule has 0 bridgehead atoms. The van der Waals surface area contributed by atoms with Crippen LogP contribution in [0.1, 0.15) is 11.4 Å². The number of nitrogens with zero attached hydrogens (tertiary/aromatic N) is 5. The van der Waals surface area contributed by atoms with E-state index >= 15 is 0 Å². The molecule has 6 nitrogen and oxygen atoms in total. The van der Waals surface area contributed by atoms with Crippen molar-refractivity contribution in [2.24, 2.45) is 12.1 Å². The molecule has 1 heterocycles. The number of aryl methyl sites for hydroxylation is 1. The number of hydrazone groups is 1. The number of nitrogens with one attached hydrogen (secondary N) is 1. The smallest absolute Gasteiger partial charge is 0.203 e. The number of benzene rings is 2. The van der Waals surface area contributed by atoms with Gasteiger partial charge in [-0.25, -0.2) is 4.98 Å². The van der Waals surface area contributed by atoms with Crippen LogP contribution in [0.4, 0.5) is 5.69 Å². The van der Waals surface area contributed by atoms with Crippen molar-refractivity contribution in [1.29, 1.82) is 10.5 Å². The molecule has 0 fully saturated rings. The van der Waals surface area contributed by atoms with E-state index in [9.17, 15) is 5.26 Å². The Bertz CT molecular complexity index is 984. The standard InChI is InChI=1S/C17H12N6/c1-23-16-8-3-2-7-14(16)20-17(23)15(11-19)22-21-13-6-4-5-12(9-13)10-18/h2-9,21H,1H3. The fourth-order valence-corrected chi connectivity index (χ4v) is 2.26.